The molecule has 0 radical (unpaired) electrons. The normalized spacial score (nSPS) is 11.2. The monoisotopic (exact) mass is 107 g/mol. The van der Waals surface area contributed by atoms with Crippen molar-refractivity contribution >= 4 is 23.1 Å². The van der Waals surface area contributed by atoms with Crippen LogP contribution in [0.5, 0.6) is 0 Å². The first kappa shape index (κ1) is 5.43. The van der Waals surface area contributed by atoms with Crippen LogP contribution < -0.4 is 0 Å². The summed E-state index contributed by atoms with van der Waals surface area (Å²) in [7, 11) is 0. The second kappa shape index (κ2) is 2.66. The first-order valence-electron chi connectivity index (χ1n) is 1.14. The number of carbonyl (C=O) groups is 1. The number of carbonyl (C=O) groups excluding carboxylic acids is 1. The van der Waals surface area contributed by atoms with Gasteiger partial charge in [0.15, 0.2) is 6.29 Å². The van der Waals surface area contributed by atoms with E-state index in [0.717, 1.165) is 0 Å². The Kier molecular flexibility index (Phi) is 2.40. The largest absolute Gasteiger partial charge is 0.410 e. The lowest BCUT2D eigenvalue weighted by Gasteiger charge is -1.68. The third-order valence-corrected chi connectivity index (χ3v) is 0.357. The van der Waals surface area contributed by atoms with Crippen LogP contribution in [0.25, 0.3) is 0 Å². The van der Waals surface area contributed by atoms with Gasteiger partial charge in [0, 0.05) is 0 Å². The number of oxime groups is 1. The van der Waals surface area contributed by atoms with E-state index in [-0.39, 0.29) is 6.29 Å². The third kappa shape index (κ3) is 1.72. The Morgan fingerprint density at radius 1 is 2.00 bits per heavy atom. The van der Waals surface area contributed by atoms with Gasteiger partial charge in [-0.05, 0) is 0 Å². The van der Waals surface area contributed by atoms with Crippen LogP contribution in [-0.2, 0) is 4.79 Å². The molecule has 0 heterocycles. The van der Waals surface area contributed by atoms with Crippen LogP contribution in [0.15, 0.2) is 5.16 Å². The highest BCUT2D eigenvalue weighted by Gasteiger charge is 1.81. The smallest absolute Gasteiger partial charge is 0.207 e. The highest BCUT2D eigenvalue weighted by molar-refractivity contribution is 6.79. The molecule has 0 rings (SSSR count). The maximum Gasteiger partial charge on any atom is 0.207 e. The number of aldehydes is 1. The van der Waals surface area contributed by atoms with Gasteiger partial charge in [-0.25, -0.2) is 0 Å². The summed E-state index contributed by atoms with van der Waals surface area (Å²) in [4.78, 5) is 9.31. The fourth-order valence-electron chi connectivity index (χ4n) is 0.0236. The highest BCUT2D eigenvalue weighted by atomic mass is 35.5. The van der Waals surface area contributed by atoms with Gasteiger partial charge < -0.3 is 5.21 Å². The minimum Gasteiger partial charge on any atom is -0.410 e. The maximum atomic E-state index is 9.31. The minimum atomic E-state index is -0.435. The summed E-state index contributed by atoms with van der Waals surface area (Å²) in [6.07, 6.45) is 0.238. The fourth-order valence-corrected chi connectivity index (χ4v) is 0.0236. The van der Waals surface area contributed by atoms with Gasteiger partial charge in [-0.2, -0.15) is 0 Å². The molecule has 3 nitrogen and oxygen atoms in total. The zero-order chi connectivity index (χ0) is 4.99. The van der Waals surface area contributed by atoms with E-state index in [0.29, 0.717) is 0 Å². The predicted octanol–water partition coefficient (Wildman–Crippen LogP) is 0.212. The van der Waals surface area contributed by atoms with Crippen molar-refractivity contribution in [2.75, 3.05) is 0 Å². The molecule has 0 aromatic rings. The summed E-state index contributed by atoms with van der Waals surface area (Å²) >= 11 is 4.78. The molecule has 0 aliphatic rings. The Labute approximate surface area is 39.2 Å². The SMILES string of the molecule is O=C/C(Cl)=N/O. The van der Waals surface area contributed by atoms with E-state index in [1.54, 1.807) is 0 Å². The second-order valence-electron chi connectivity index (χ2n) is 0.541. The summed E-state index contributed by atoms with van der Waals surface area (Å²) in [6.45, 7) is 0. The van der Waals surface area contributed by atoms with Crippen molar-refractivity contribution in [3.05, 3.63) is 0 Å². The van der Waals surface area contributed by atoms with Crippen LogP contribution in [0.2, 0.25) is 0 Å². The second-order valence-corrected chi connectivity index (χ2v) is 0.928. The van der Waals surface area contributed by atoms with Crippen LogP contribution in [0.4, 0.5) is 0 Å². The average Bonchev–Trinajstić information content (AvgIpc) is 1.65. The van der Waals surface area contributed by atoms with Crippen molar-refractivity contribution in [2.45, 2.75) is 0 Å². The molecule has 0 aromatic carbocycles. The Morgan fingerprint density at radius 2 is 2.50 bits per heavy atom. The fraction of sp³-hybridized carbons (Fsp3) is 0. The van der Waals surface area contributed by atoms with Crippen LogP contribution in [0, 0.1) is 0 Å². The Morgan fingerprint density at radius 3 is 2.50 bits per heavy atom. The van der Waals surface area contributed by atoms with E-state index in [1.807, 2.05) is 0 Å². The molecule has 0 saturated heterocycles. The molecule has 0 bridgehead atoms. The van der Waals surface area contributed by atoms with Crippen molar-refractivity contribution in [3.8, 4) is 0 Å². The van der Waals surface area contributed by atoms with Gasteiger partial charge in [0.2, 0.25) is 5.17 Å². The van der Waals surface area contributed by atoms with Gasteiger partial charge >= 0.3 is 0 Å². The van der Waals surface area contributed by atoms with Gasteiger partial charge in [-0.1, -0.05) is 16.8 Å². The summed E-state index contributed by atoms with van der Waals surface area (Å²) < 4.78 is 0. The molecule has 0 atom stereocenters. The van der Waals surface area contributed by atoms with Crippen molar-refractivity contribution in [1.82, 2.24) is 0 Å². The van der Waals surface area contributed by atoms with Crippen molar-refractivity contribution in [3.63, 3.8) is 0 Å². The number of hydrogen-bond donors (Lipinski definition) is 1. The van der Waals surface area contributed by atoms with E-state index in [9.17, 15) is 4.79 Å². The van der Waals surface area contributed by atoms with Gasteiger partial charge in [0.25, 0.3) is 0 Å². The van der Waals surface area contributed by atoms with E-state index in [2.05, 4.69) is 5.16 Å². The Balaban J connectivity index is 3.50. The molecule has 1 N–H and O–H groups in total. The molecule has 4 heteroatoms. The summed E-state index contributed by atoms with van der Waals surface area (Å²) in [5.74, 6) is 0. The van der Waals surface area contributed by atoms with Crippen LogP contribution >= 0.6 is 11.6 Å². The molecule has 0 amide bonds. The Hall–Kier alpha value is -0.570. The number of hydrogen-bond acceptors (Lipinski definition) is 3. The van der Waals surface area contributed by atoms with Crippen molar-refractivity contribution < 1.29 is 10.0 Å². The quantitative estimate of drug-likeness (QED) is 0.225. The summed E-state index contributed by atoms with van der Waals surface area (Å²) in [5, 5.41) is 9.45. The first-order valence-corrected chi connectivity index (χ1v) is 1.51. The van der Waals surface area contributed by atoms with Crippen LogP contribution in [-0.4, -0.2) is 16.7 Å². The first-order chi connectivity index (χ1) is 2.81. The average molecular weight is 107 g/mol. The molecule has 0 unspecified atom stereocenters. The molecule has 0 fully saturated rings. The van der Waals surface area contributed by atoms with Gasteiger partial charge in [-0.3, -0.25) is 4.79 Å². The zero-order valence-corrected chi connectivity index (χ0v) is 3.51. The molecule has 0 aromatic heterocycles. The third-order valence-electron chi connectivity index (χ3n) is 0.193. The molecule has 0 spiro atoms. The van der Waals surface area contributed by atoms with E-state index >= 15 is 0 Å². The molecule has 34 valence electrons. The zero-order valence-electron chi connectivity index (χ0n) is 2.76. The van der Waals surface area contributed by atoms with E-state index in [4.69, 9.17) is 16.8 Å². The molecule has 0 saturated carbocycles. The van der Waals surface area contributed by atoms with Gasteiger partial charge in [-0.15, -0.1) is 0 Å². The molecule has 0 aliphatic heterocycles. The lowest BCUT2D eigenvalue weighted by Crippen LogP contribution is -1.83. The molecule has 6 heavy (non-hydrogen) atoms. The summed E-state index contributed by atoms with van der Waals surface area (Å²) in [5.41, 5.74) is 0. The molecular formula is C2H2ClNO2. The number of halogens is 1. The maximum absolute atomic E-state index is 9.31. The number of rotatable bonds is 1. The predicted molar refractivity (Wildman–Crippen MR) is 21.1 cm³/mol. The molecular weight excluding hydrogens is 105 g/mol. The topological polar surface area (TPSA) is 49.7 Å². The van der Waals surface area contributed by atoms with Crippen LogP contribution in [0.1, 0.15) is 0 Å². The van der Waals surface area contributed by atoms with Gasteiger partial charge in [0.1, 0.15) is 0 Å². The summed E-state index contributed by atoms with van der Waals surface area (Å²) in [6, 6.07) is 0. The minimum absolute atomic E-state index is 0.238. The van der Waals surface area contributed by atoms with Crippen molar-refractivity contribution in [2.24, 2.45) is 5.16 Å². The lowest BCUT2D eigenvalue weighted by molar-refractivity contribution is -0.102. The Bertz CT molecular complexity index is 79.6. The molecule has 0 aliphatic carbocycles. The standard InChI is InChI=1S/C2H2ClNO2/c3-2(1-5)4-6/h1,6H/b4-2-. The lowest BCUT2D eigenvalue weighted by atomic mass is 10.9. The van der Waals surface area contributed by atoms with E-state index < -0.39 is 5.17 Å². The number of nitrogens with zero attached hydrogens (tertiary/aromatic N) is 1. The van der Waals surface area contributed by atoms with Crippen molar-refractivity contribution in [1.29, 1.82) is 0 Å². The highest BCUT2D eigenvalue weighted by Crippen LogP contribution is 1.73. The van der Waals surface area contributed by atoms with Gasteiger partial charge in [0.05, 0.1) is 0 Å². The van der Waals surface area contributed by atoms with E-state index in [1.165, 1.54) is 0 Å². The van der Waals surface area contributed by atoms with Crippen LogP contribution in [0.3, 0.4) is 0 Å².